The lowest BCUT2D eigenvalue weighted by molar-refractivity contribution is 0.130. The number of ether oxygens (including phenoxy) is 1. The van der Waals surface area contributed by atoms with E-state index < -0.39 is 0 Å². The van der Waals surface area contributed by atoms with Gasteiger partial charge in [-0.25, -0.2) is 0 Å². The molecule has 0 aromatic carbocycles. The summed E-state index contributed by atoms with van der Waals surface area (Å²) in [5.41, 5.74) is 0. The van der Waals surface area contributed by atoms with Gasteiger partial charge in [-0.15, -0.1) is 10.2 Å². The van der Waals surface area contributed by atoms with Crippen molar-refractivity contribution in [2.75, 3.05) is 7.11 Å². The van der Waals surface area contributed by atoms with Gasteiger partial charge in [-0.2, -0.15) is 0 Å². The molecule has 0 saturated carbocycles. The molecule has 1 rings (SSSR count). The van der Waals surface area contributed by atoms with Crippen molar-refractivity contribution in [3.63, 3.8) is 0 Å². The minimum atomic E-state index is 0.465. The molecule has 1 aromatic rings. The fraction of sp³-hybridized carbons (Fsp3) is 0.500. The Kier molecular flexibility index (Phi) is 1.58. The molecule has 0 aliphatic rings. The maximum atomic E-state index is 4.74. The van der Waals surface area contributed by atoms with Crippen molar-refractivity contribution >= 4 is 0 Å². The molecular formula is C4H6N3O. The number of hydrogen-bond acceptors (Lipinski definition) is 3. The highest BCUT2D eigenvalue weighted by molar-refractivity contribution is 4.52. The molecule has 0 amide bonds. The molecule has 0 unspecified atom stereocenters. The number of rotatable bonds is 2. The van der Waals surface area contributed by atoms with Gasteiger partial charge in [0.2, 0.25) is 6.33 Å². The Balaban J connectivity index is 2.50. The number of nitrogens with zero attached hydrogens (tertiary/aromatic N) is 3. The van der Waals surface area contributed by atoms with Crippen molar-refractivity contribution in [3.05, 3.63) is 12.7 Å². The van der Waals surface area contributed by atoms with E-state index >= 15 is 0 Å². The molecule has 0 spiro atoms. The first-order chi connectivity index (χ1) is 3.93. The van der Waals surface area contributed by atoms with Crippen molar-refractivity contribution in [1.82, 2.24) is 14.8 Å². The van der Waals surface area contributed by atoms with Crippen LogP contribution in [0.25, 0.3) is 0 Å². The molecule has 4 nitrogen and oxygen atoms in total. The van der Waals surface area contributed by atoms with Gasteiger partial charge in [0.1, 0.15) is 13.1 Å². The summed E-state index contributed by atoms with van der Waals surface area (Å²) < 4.78 is 6.35. The fourth-order valence-electron chi connectivity index (χ4n) is 0.399. The average molecular weight is 112 g/mol. The molecule has 0 atom stereocenters. The maximum Gasteiger partial charge on any atom is 0.203 e. The predicted octanol–water partition coefficient (Wildman–Crippen LogP) is -0.318. The molecule has 4 heteroatoms. The summed E-state index contributed by atoms with van der Waals surface area (Å²) in [6.45, 7) is 0.465. The van der Waals surface area contributed by atoms with Gasteiger partial charge in [-0.05, 0) is 0 Å². The Morgan fingerprint density at radius 2 is 2.75 bits per heavy atom. The van der Waals surface area contributed by atoms with Gasteiger partial charge in [-0.1, -0.05) is 0 Å². The predicted molar refractivity (Wildman–Crippen MR) is 25.9 cm³/mol. The van der Waals surface area contributed by atoms with Crippen LogP contribution >= 0.6 is 0 Å². The molecular weight excluding hydrogens is 106 g/mol. The van der Waals surface area contributed by atoms with Crippen LogP contribution in [-0.4, -0.2) is 21.9 Å². The van der Waals surface area contributed by atoms with E-state index in [1.807, 2.05) is 0 Å². The molecule has 1 heterocycles. The van der Waals surface area contributed by atoms with Crippen molar-refractivity contribution in [3.8, 4) is 0 Å². The zero-order valence-electron chi connectivity index (χ0n) is 4.53. The molecule has 1 aromatic heterocycles. The third kappa shape index (κ3) is 1.04. The van der Waals surface area contributed by atoms with Crippen molar-refractivity contribution < 1.29 is 4.74 Å². The van der Waals surface area contributed by atoms with Crippen LogP contribution in [0.1, 0.15) is 0 Å². The zero-order valence-corrected chi connectivity index (χ0v) is 4.53. The molecule has 0 bridgehead atoms. The number of methoxy groups -OCH3 is 1. The van der Waals surface area contributed by atoms with Gasteiger partial charge in [0, 0.05) is 7.11 Å². The van der Waals surface area contributed by atoms with E-state index in [-0.39, 0.29) is 0 Å². The largest absolute Gasteiger partial charge is 0.364 e. The standard InChI is InChI=1S/C4H6N3O/c1-8-4-7-2-5-6-3-7/h2H,4H2,1H3. The summed E-state index contributed by atoms with van der Waals surface area (Å²) in [5, 5.41) is 6.97. The van der Waals surface area contributed by atoms with Gasteiger partial charge in [0.15, 0.2) is 0 Å². The molecule has 8 heavy (non-hydrogen) atoms. The first-order valence-corrected chi connectivity index (χ1v) is 2.18. The van der Waals surface area contributed by atoms with Gasteiger partial charge in [-0.3, -0.25) is 4.57 Å². The molecule has 0 fully saturated rings. The van der Waals surface area contributed by atoms with E-state index in [9.17, 15) is 0 Å². The lowest BCUT2D eigenvalue weighted by Gasteiger charge is -1.92. The molecule has 43 valence electrons. The number of hydrogen-bond donors (Lipinski definition) is 0. The van der Waals surface area contributed by atoms with Gasteiger partial charge < -0.3 is 4.74 Å². The normalized spacial score (nSPS) is 9.62. The first-order valence-electron chi connectivity index (χ1n) is 2.18. The fourth-order valence-corrected chi connectivity index (χ4v) is 0.399. The van der Waals surface area contributed by atoms with Gasteiger partial charge in [0.25, 0.3) is 0 Å². The van der Waals surface area contributed by atoms with Crippen LogP contribution in [0.4, 0.5) is 0 Å². The second-order valence-electron chi connectivity index (χ2n) is 1.32. The monoisotopic (exact) mass is 112 g/mol. The summed E-state index contributed by atoms with van der Waals surface area (Å²) in [6.07, 6.45) is 4.11. The summed E-state index contributed by atoms with van der Waals surface area (Å²) in [7, 11) is 1.60. The second kappa shape index (κ2) is 2.42. The van der Waals surface area contributed by atoms with E-state index in [1.54, 1.807) is 18.0 Å². The molecule has 1 radical (unpaired) electrons. The van der Waals surface area contributed by atoms with Crippen LogP contribution in [0, 0.1) is 6.33 Å². The van der Waals surface area contributed by atoms with Crippen LogP contribution in [0.5, 0.6) is 0 Å². The third-order valence-electron chi connectivity index (χ3n) is 0.690. The average Bonchev–Trinajstić information content (AvgIpc) is 2.19. The topological polar surface area (TPSA) is 39.9 Å². The second-order valence-corrected chi connectivity index (χ2v) is 1.32. The third-order valence-corrected chi connectivity index (χ3v) is 0.690. The van der Waals surface area contributed by atoms with E-state index in [4.69, 9.17) is 4.74 Å². The lowest BCUT2D eigenvalue weighted by atomic mass is 11.0. The SMILES string of the molecule is COCn1[c]nnc1. The molecule has 0 saturated heterocycles. The van der Waals surface area contributed by atoms with Crippen molar-refractivity contribution in [2.24, 2.45) is 0 Å². The Bertz CT molecular complexity index is 137. The maximum absolute atomic E-state index is 4.74. The smallest absolute Gasteiger partial charge is 0.203 e. The van der Waals surface area contributed by atoms with Crippen molar-refractivity contribution in [2.45, 2.75) is 6.73 Å². The highest BCUT2D eigenvalue weighted by Crippen LogP contribution is 1.78. The highest BCUT2D eigenvalue weighted by Gasteiger charge is 1.84. The van der Waals surface area contributed by atoms with Crippen molar-refractivity contribution in [1.29, 1.82) is 0 Å². The van der Waals surface area contributed by atoms with Crippen LogP contribution in [0.15, 0.2) is 6.33 Å². The summed E-state index contributed by atoms with van der Waals surface area (Å²) >= 11 is 0. The minimum Gasteiger partial charge on any atom is -0.364 e. The first kappa shape index (κ1) is 5.24. The zero-order chi connectivity index (χ0) is 5.82. The summed E-state index contributed by atoms with van der Waals surface area (Å²) in [5.74, 6) is 0. The number of aromatic nitrogens is 3. The highest BCUT2D eigenvalue weighted by atomic mass is 16.5. The van der Waals surface area contributed by atoms with Gasteiger partial charge >= 0.3 is 0 Å². The Hall–Kier alpha value is -0.900. The summed E-state index contributed by atoms with van der Waals surface area (Å²) in [6, 6.07) is 0. The van der Waals surface area contributed by atoms with E-state index in [0.29, 0.717) is 6.73 Å². The Morgan fingerprint density at radius 1 is 1.88 bits per heavy atom. The van der Waals surface area contributed by atoms with Crippen LogP contribution in [0.2, 0.25) is 0 Å². The molecule has 0 N–H and O–H groups in total. The molecule has 0 aliphatic carbocycles. The van der Waals surface area contributed by atoms with Gasteiger partial charge in [0.05, 0.1) is 0 Å². The van der Waals surface area contributed by atoms with E-state index in [1.165, 1.54) is 0 Å². The minimum absolute atomic E-state index is 0.465. The lowest BCUT2D eigenvalue weighted by Crippen LogP contribution is -1.95. The van der Waals surface area contributed by atoms with E-state index in [2.05, 4.69) is 16.5 Å². The Morgan fingerprint density at radius 3 is 3.25 bits per heavy atom. The van der Waals surface area contributed by atoms with Crippen LogP contribution in [0.3, 0.4) is 0 Å². The quantitative estimate of drug-likeness (QED) is 0.526. The van der Waals surface area contributed by atoms with Crippen LogP contribution in [-0.2, 0) is 11.5 Å². The van der Waals surface area contributed by atoms with Crippen LogP contribution < -0.4 is 0 Å². The summed E-state index contributed by atoms with van der Waals surface area (Å²) in [4.78, 5) is 0. The molecule has 0 aliphatic heterocycles. The van der Waals surface area contributed by atoms with E-state index in [0.717, 1.165) is 0 Å². The Labute approximate surface area is 47.1 Å².